The number of rotatable bonds is 10. The number of hydrogen-bond acceptors (Lipinski definition) is 9. The van der Waals surface area contributed by atoms with Crippen LogP contribution in [0.25, 0.3) is 11.1 Å². The fourth-order valence-electron chi connectivity index (χ4n) is 12.7. The number of anilines is 3. The minimum atomic E-state index is -2.69. The molecule has 72 heavy (non-hydrogen) atoms. The van der Waals surface area contributed by atoms with Gasteiger partial charge in [-0.1, -0.05) is 39.3 Å². The molecule has 1 aliphatic carbocycles. The van der Waals surface area contributed by atoms with E-state index in [0.717, 1.165) is 85.6 Å². The molecule has 17 heteroatoms. The van der Waals surface area contributed by atoms with E-state index >= 15 is 0 Å². The molecule has 4 aliphatic heterocycles. The largest absolute Gasteiger partial charge is 0.489 e. The fraction of sp³-hybridized carbons (Fsp3) is 0.491. The number of nitriles is 1. The second-order valence-electron chi connectivity index (χ2n) is 21.6. The highest BCUT2D eigenvalue weighted by molar-refractivity contribution is 6.31. The molecule has 0 spiro atoms. The smallest absolute Gasteiger partial charge is 0.264 e. The van der Waals surface area contributed by atoms with Crippen molar-refractivity contribution in [3.05, 3.63) is 106 Å². The van der Waals surface area contributed by atoms with Crippen LogP contribution >= 0.6 is 11.6 Å². The Morgan fingerprint density at radius 3 is 2.26 bits per heavy atom. The van der Waals surface area contributed by atoms with Crippen LogP contribution in [0.3, 0.4) is 0 Å². The van der Waals surface area contributed by atoms with E-state index in [1.54, 1.807) is 55.3 Å². The normalized spacial score (nSPS) is 20.9. The van der Waals surface area contributed by atoms with Gasteiger partial charge in [-0.05, 0) is 98.2 Å². The second-order valence-corrected chi connectivity index (χ2v) is 22.0. The van der Waals surface area contributed by atoms with Gasteiger partial charge in [-0.25, -0.2) is 8.78 Å². The Bertz CT molecular complexity index is 2930. The summed E-state index contributed by atoms with van der Waals surface area (Å²) in [6, 6.07) is 18.3. The topological polar surface area (TPSA) is 145 Å². The molecule has 3 amide bonds. The van der Waals surface area contributed by atoms with E-state index in [9.17, 15) is 28.4 Å². The molecule has 0 atom stereocenters. The maximum absolute atomic E-state index is 14.8. The van der Waals surface area contributed by atoms with Crippen LogP contribution in [0.2, 0.25) is 5.02 Å². The van der Waals surface area contributed by atoms with E-state index in [1.807, 2.05) is 40.1 Å². The standard InChI is InChI=1S/C55H63ClF2N10O4/c1-33(69)66-25-19-46-44(32-66)49(67-20-7-8-36-26-42(38-30-60-63(6)31-38)43(48(57)58)28-47(36)67)62-68(46)40-17-23-65(24-18-40)51(71)35-15-21-64(22-16-35)39-12-9-34(10-13-39)50(70)61-52-54(2,3)53(55(52,4)5)72-41-14-11-37(29-59)45(56)27-41/h9-14,26-28,30-31,35,40,48,52-53H,7-8,15-25,32H2,1-6H3,(H,61,70). The zero-order valence-corrected chi connectivity index (χ0v) is 42.7. The van der Waals surface area contributed by atoms with Crippen molar-refractivity contribution in [3.8, 4) is 22.9 Å². The first-order chi connectivity index (χ1) is 34.4. The molecule has 1 saturated carbocycles. The van der Waals surface area contributed by atoms with E-state index in [4.69, 9.17) is 21.4 Å². The summed E-state index contributed by atoms with van der Waals surface area (Å²) < 4.78 is 39.7. The first-order valence-electron chi connectivity index (χ1n) is 25.3. The van der Waals surface area contributed by atoms with E-state index < -0.39 is 6.43 Å². The highest BCUT2D eigenvalue weighted by atomic mass is 35.5. The SMILES string of the molecule is CC(=O)N1CCc2c(c(N3CCCc4cc(-c5cnn(C)c5)c(C(F)F)cc43)nn2C2CCN(C(=O)C3CCN(c4ccc(C(=O)NC5C(C)(C)C(Oc6ccc(C#N)c(Cl)c6)C5(C)C)cc4)CC3)CC2)C1. The molecule has 5 aliphatic rings. The van der Waals surface area contributed by atoms with Gasteiger partial charge in [0.05, 0.1) is 29.4 Å². The zero-order chi connectivity index (χ0) is 50.8. The van der Waals surface area contributed by atoms with Gasteiger partial charge >= 0.3 is 0 Å². The molecule has 0 radical (unpaired) electrons. The maximum Gasteiger partial charge on any atom is 0.264 e. The number of alkyl halides is 2. The summed E-state index contributed by atoms with van der Waals surface area (Å²) in [5, 5.41) is 22.4. The van der Waals surface area contributed by atoms with Gasteiger partial charge in [-0.15, -0.1) is 0 Å². The number of amides is 3. The number of carbonyl (C=O) groups excluding carboxylic acids is 3. The van der Waals surface area contributed by atoms with Gasteiger partial charge in [-0.2, -0.15) is 15.5 Å². The van der Waals surface area contributed by atoms with Crippen molar-refractivity contribution >= 4 is 46.5 Å². The Hall–Kier alpha value is -6.47. The molecule has 10 rings (SSSR count). The summed E-state index contributed by atoms with van der Waals surface area (Å²) >= 11 is 6.28. The molecule has 3 fully saturated rings. The highest BCUT2D eigenvalue weighted by Crippen LogP contribution is 2.56. The summed E-state index contributed by atoms with van der Waals surface area (Å²) in [7, 11) is 1.78. The Morgan fingerprint density at radius 2 is 1.62 bits per heavy atom. The van der Waals surface area contributed by atoms with E-state index in [-0.39, 0.29) is 58.2 Å². The van der Waals surface area contributed by atoms with Crippen molar-refractivity contribution < 1.29 is 27.9 Å². The van der Waals surface area contributed by atoms with Gasteiger partial charge < -0.3 is 29.7 Å². The molecular weight excluding hydrogens is 938 g/mol. The van der Waals surface area contributed by atoms with Crippen LogP contribution in [-0.4, -0.2) is 98.5 Å². The Labute approximate surface area is 424 Å². The minimum Gasteiger partial charge on any atom is -0.489 e. The summed E-state index contributed by atoms with van der Waals surface area (Å²) in [5.74, 6) is 1.27. The number of nitrogens with one attached hydrogen (secondary N) is 1. The van der Waals surface area contributed by atoms with Crippen LogP contribution in [0, 0.1) is 28.1 Å². The number of halogens is 3. The summed E-state index contributed by atoms with van der Waals surface area (Å²) in [6.07, 6.45) is 5.68. The van der Waals surface area contributed by atoms with Crippen molar-refractivity contribution in [3.63, 3.8) is 0 Å². The molecule has 378 valence electrons. The van der Waals surface area contributed by atoms with Crippen molar-refractivity contribution in [2.45, 2.75) is 111 Å². The average molecular weight is 1000 g/mol. The van der Waals surface area contributed by atoms with Crippen LogP contribution in [0.1, 0.15) is 117 Å². The third-order valence-corrected chi connectivity index (χ3v) is 16.6. The first kappa shape index (κ1) is 49.1. The number of piperidine rings is 2. The monoisotopic (exact) mass is 1000 g/mol. The predicted octanol–water partition coefficient (Wildman–Crippen LogP) is 9.43. The van der Waals surface area contributed by atoms with Crippen molar-refractivity contribution in [1.29, 1.82) is 5.26 Å². The predicted molar refractivity (Wildman–Crippen MR) is 272 cm³/mol. The zero-order valence-electron chi connectivity index (χ0n) is 41.9. The third kappa shape index (κ3) is 8.96. The molecule has 2 aromatic heterocycles. The van der Waals surface area contributed by atoms with Gasteiger partial charge in [0.1, 0.15) is 17.9 Å². The lowest BCUT2D eigenvalue weighted by Gasteiger charge is -2.63. The van der Waals surface area contributed by atoms with Crippen LogP contribution in [0.15, 0.2) is 67.0 Å². The second kappa shape index (κ2) is 19.2. The van der Waals surface area contributed by atoms with Crippen molar-refractivity contribution in [2.75, 3.05) is 49.1 Å². The molecule has 1 N–H and O–H groups in total. The molecular formula is C55H63ClF2N10O4. The Balaban J connectivity index is 0.759. The molecule has 2 saturated heterocycles. The molecule has 6 heterocycles. The molecule has 14 nitrogen and oxygen atoms in total. The summed E-state index contributed by atoms with van der Waals surface area (Å²) in [6.45, 7) is 14.2. The molecule has 0 bridgehead atoms. The quantitative estimate of drug-likeness (QED) is 0.145. The molecule has 3 aromatic carbocycles. The van der Waals surface area contributed by atoms with E-state index in [0.29, 0.717) is 72.2 Å². The van der Waals surface area contributed by atoms with Gasteiger partial charge in [0.2, 0.25) is 11.8 Å². The fourth-order valence-corrected chi connectivity index (χ4v) is 12.9. The summed E-state index contributed by atoms with van der Waals surface area (Å²) in [5.41, 5.74) is 6.08. The molecule has 0 unspecified atom stereocenters. The van der Waals surface area contributed by atoms with Gasteiger partial charge in [0.15, 0.2) is 5.82 Å². The number of nitrogens with zero attached hydrogens (tertiary/aromatic N) is 9. The van der Waals surface area contributed by atoms with E-state index in [1.165, 1.54) is 0 Å². The van der Waals surface area contributed by atoms with Crippen LogP contribution in [0.4, 0.5) is 26.0 Å². The highest BCUT2D eigenvalue weighted by Gasteiger charge is 2.64. The number of carbonyl (C=O) groups is 3. The van der Waals surface area contributed by atoms with Crippen LogP contribution in [0.5, 0.6) is 5.75 Å². The number of aryl methyl sites for hydroxylation is 2. The minimum absolute atomic E-state index is 0.0104. The lowest BCUT2D eigenvalue weighted by molar-refractivity contribution is -0.164. The van der Waals surface area contributed by atoms with Gasteiger partial charge in [0.25, 0.3) is 12.3 Å². The average Bonchev–Trinajstić information content (AvgIpc) is 3.99. The number of benzene rings is 3. The number of ether oxygens (including phenoxy) is 1. The first-order valence-corrected chi connectivity index (χ1v) is 25.7. The lowest BCUT2D eigenvalue weighted by atomic mass is 9.49. The van der Waals surface area contributed by atoms with Crippen LogP contribution in [-0.2, 0) is 36.0 Å². The number of likely N-dealkylation sites (tertiary alicyclic amines) is 1. The number of hydrogen-bond donors (Lipinski definition) is 1. The van der Waals surface area contributed by atoms with Gasteiger partial charge in [-0.3, -0.25) is 23.7 Å². The molecule has 5 aromatic rings. The number of aromatic nitrogens is 4. The summed E-state index contributed by atoms with van der Waals surface area (Å²) in [4.78, 5) is 48.7. The third-order valence-electron chi connectivity index (χ3n) is 16.3. The van der Waals surface area contributed by atoms with Crippen molar-refractivity contribution in [1.82, 2.24) is 34.7 Å². The van der Waals surface area contributed by atoms with Crippen LogP contribution < -0.4 is 19.9 Å². The lowest BCUT2D eigenvalue weighted by Crippen LogP contribution is -2.74. The number of fused-ring (bicyclic) bond motifs is 2. The Morgan fingerprint density at radius 1 is 0.903 bits per heavy atom. The maximum atomic E-state index is 14.8. The van der Waals surface area contributed by atoms with Crippen molar-refractivity contribution in [2.24, 2.45) is 23.8 Å². The van der Waals surface area contributed by atoms with Gasteiger partial charge in [0, 0.05) is 134 Å². The van der Waals surface area contributed by atoms with E-state index in [2.05, 4.69) is 58.7 Å². The Kier molecular flexibility index (Phi) is 13.1.